The molecule has 0 radical (unpaired) electrons. The van der Waals surface area contributed by atoms with Gasteiger partial charge in [-0.15, -0.1) is 0 Å². The molecular formula is C21H29NO. The minimum absolute atomic E-state index is 0.519. The first-order valence-corrected chi connectivity index (χ1v) is 8.68. The van der Waals surface area contributed by atoms with E-state index < -0.39 is 0 Å². The number of benzene rings is 2. The van der Waals surface area contributed by atoms with Gasteiger partial charge in [-0.3, -0.25) is 0 Å². The predicted molar refractivity (Wildman–Crippen MR) is 99.7 cm³/mol. The molecule has 0 aromatic heterocycles. The normalized spacial score (nSPS) is 12.2. The molecular weight excluding hydrogens is 282 g/mol. The lowest BCUT2D eigenvalue weighted by Crippen LogP contribution is -2.13. The molecule has 0 fully saturated rings. The molecule has 0 amide bonds. The third-order valence-electron chi connectivity index (χ3n) is 4.32. The standard InChI is InChI=1S/C21H29NO/c1-5-17(4)19-11-7-9-13-21(19)23-15-14-22-20-12-8-6-10-18(20)16(2)3/h6-13,16-17,22H,5,14-15H2,1-4H3/t17-/m1/s1. The van der Waals surface area contributed by atoms with E-state index in [9.17, 15) is 0 Å². The van der Waals surface area contributed by atoms with Gasteiger partial charge in [0, 0.05) is 12.2 Å². The van der Waals surface area contributed by atoms with Crippen molar-refractivity contribution in [2.45, 2.75) is 46.0 Å². The summed E-state index contributed by atoms with van der Waals surface area (Å²) in [6.07, 6.45) is 1.13. The summed E-state index contributed by atoms with van der Waals surface area (Å²) in [6, 6.07) is 16.9. The van der Waals surface area contributed by atoms with Crippen LogP contribution in [-0.2, 0) is 0 Å². The summed E-state index contributed by atoms with van der Waals surface area (Å²) >= 11 is 0. The van der Waals surface area contributed by atoms with Crippen LogP contribution in [0.5, 0.6) is 5.75 Å². The fraction of sp³-hybridized carbons (Fsp3) is 0.429. The van der Waals surface area contributed by atoms with Crippen molar-refractivity contribution in [1.29, 1.82) is 0 Å². The Bertz CT molecular complexity index is 606. The van der Waals surface area contributed by atoms with Gasteiger partial charge in [-0.25, -0.2) is 0 Å². The van der Waals surface area contributed by atoms with E-state index in [0.29, 0.717) is 18.4 Å². The Hall–Kier alpha value is -1.96. The predicted octanol–water partition coefficient (Wildman–Crippen LogP) is 5.81. The summed E-state index contributed by atoms with van der Waals surface area (Å²) in [5, 5.41) is 3.50. The second kappa shape index (κ2) is 8.61. The van der Waals surface area contributed by atoms with E-state index >= 15 is 0 Å². The molecule has 0 aliphatic carbocycles. The van der Waals surface area contributed by atoms with Crippen molar-refractivity contribution < 1.29 is 4.74 Å². The SMILES string of the molecule is CC[C@@H](C)c1ccccc1OCCNc1ccccc1C(C)C. The van der Waals surface area contributed by atoms with Crippen LogP contribution in [0.2, 0.25) is 0 Å². The molecule has 2 rings (SSSR count). The summed E-state index contributed by atoms with van der Waals surface area (Å²) in [5.41, 5.74) is 3.87. The van der Waals surface area contributed by atoms with E-state index in [4.69, 9.17) is 4.74 Å². The molecule has 124 valence electrons. The van der Waals surface area contributed by atoms with Crippen molar-refractivity contribution in [1.82, 2.24) is 0 Å². The highest BCUT2D eigenvalue weighted by atomic mass is 16.5. The van der Waals surface area contributed by atoms with E-state index in [0.717, 1.165) is 18.7 Å². The van der Waals surface area contributed by atoms with Crippen LogP contribution in [0, 0.1) is 0 Å². The van der Waals surface area contributed by atoms with E-state index in [1.165, 1.54) is 16.8 Å². The number of hydrogen-bond donors (Lipinski definition) is 1. The highest BCUT2D eigenvalue weighted by Crippen LogP contribution is 2.28. The van der Waals surface area contributed by atoms with Crippen LogP contribution >= 0.6 is 0 Å². The van der Waals surface area contributed by atoms with Crippen LogP contribution in [-0.4, -0.2) is 13.2 Å². The van der Waals surface area contributed by atoms with E-state index in [2.05, 4.69) is 75.5 Å². The van der Waals surface area contributed by atoms with Crippen molar-refractivity contribution in [3.63, 3.8) is 0 Å². The van der Waals surface area contributed by atoms with Gasteiger partial charge in [0.15, 0.2) is 0 Å². The average molecular weight is 311 g/mol. The second-order valence-corrected chi connectivity index (χ2v) is 6.36. The average Bonchev–Trinajstić information content (AvgIpc) is 2.58. The lowest BCUT2D eigenvalue weighted by molar-refractivity contribution is 0.327. The Morgan fingerprint density at radius 1 is 0.913 bits per heavy atom. The van der Waals surface area contributed by atoms with Crippen LogP contribution in [0.4, 0.5) is 5.69 Å². The van der Waals surface area contributed by atoms with E-state index in [1.807, 2.05) is 6.07 Å². The zero-order valence-corrected chi connectivity index (χ0v) is 14.8. The molecule has 0 bridgehead atoms. The first kappa shape index (κ1) is 17.4. The number of para-hydroxylation sites is 2. The lowest BCUT2D eigenvalue weighted by atomic mass is 9.98. The number of nitrogens with one attached hydrogen (secondary N) is 1. The van der Waals surface area contributed by atoms with Crippen molar-refractivity contribution in [2.75, 3.05) is 18.5 Å². The summed E-state index contributed by atoms with van der Waals surface area (Å²) in [4.78, 5) is 0. The Morgan fingerprint density at radius 2 is 1.57 bits per heavy atom. The molecule has 2 aromatic rings. The first-order valence-electron chi connectivity index (χ1n) is 8.68. The maximum absolute atomic E-state index is 6.02. The van der Waals surface area contributed by atoms with Crippen molar-refractivity contribution >= 4 is 5.69 Å². The smallest absolute Gasteiger partial charge is 0.122 e. The van der Waals surface area contributed by atoms with Crippen molar-refractivity contribution in [3.8, 4) is 5.75 Å². The molecule has 2 heteroatoms. The maximum atomic E-state index is 6.02. The van der Waals surface area contributed by atoms with Crippen LogP contribution in [0.25, 0.3) is 0 Å². The van der Waals surface area contributed by atoms with Crippen LogP contribution in [0.15, 0.2) is 48.5 Å². The molecule has 1 atom stereocenters. The van der Waals surface area contributed by atoms with Crippen LogP contribution < -0.4 is 10.1 Å². The Balaban J connectivity index is 1.92. The Kier molecular flexibility index (Phi) is 6.52. The van der Waals surface area contributed by atoms with Gasteiger partial charge < -0.3 is 10.1 Å². The van der Waals surface area contributed by atoms with Gasteiger partial charge in [0.25, 0.3) is 0 Å². The molecule has 1 N–H and O–H groups in total. The summed E-state index contributed by atoms with van der Waals surface area (Å²) in [5.74, 6) is 2.06. The van der Waals surface area contributed by atoms with Crippen molar-refractivity contribution in [3.05, 3.63) is 59.7 Å². The fourth-order valence-corrected chi connectivity index (χ4v) is 2.75. The molecule has 0 aliphatic rings. The van der Waals surface area contributed by atoms with Gasteiger partial charge in [0.1, 0.15) is 12.4 Å². The lowest BCUT2D eigenvalue weighted by Gasteiger charge is -2.17. The van der Waals surface area contributed by atoms with Gasteiger partial charge in [0.05, 0.1) is 0 Å². The largest absolute Gasteiger partial charge is 0.491 e. The monoisotopic (exact) mass is 311 g/mol. The van der Waals surface area contributed by atoms with Gasteiger partial charge in [-0.2, -0.15) is 0 Å². The summed E-state index contributed by atoms with van der Waals surface area (Å²) in [6.45, 7) is 10.4. The van der Waals surface area contributed by atoms with E-state index in [1.54, 1.807) is 0 Å². The highest BCUT2D eigenvalue weighted by Gasteiger charge is 2.09. The molecule has 23 heavy (non-hydrogen) atoms. The first-order chi connectivity index (χ1) is 11.1. The van der Waals surface area contributed by atoms with Crippen molar-refractivity contribution in [2.24, 2.45) is 0 Å². The van der Waals surface area contributed by atoms with Crippen LogP contribution in [0.3, 0.4) is 0 Å². The molecule has 0 heterocycles. The number of hydrogen-bond acceptors (Lipinski definition) is 2. The molecule has 2 nitrogen and oxygen atoms in total. The number of rotatable bonds is 8. The Labute approximate surface area is 140 Å². The molecule has 0 saturated heterocycles. The topological polar surface area (TPSA) is 21.3 Å². The van der Waals surface area contributed by atoms with Gasteiger partial charge in [-0.05, 0) is 41.5 Å². The quantitative estimate of drug-likeness (QED) is 0.621. The van der Waals surface area contributed by atoms with Gasteiger partial charge in [-0.1, -0.05) is 64.1 Å². The molecule has 0 saturated carbocycles. The van der Waals surface area contributed by atoms with Gasteiger partial charge in [0.2, 0.25) is 0 Å². The second-order valence-electron chi connectivity index (χ2n) is 6.36. The maximum Gasteiger partial charge on any atom is 0.122 e. The third kappa shape index (κ3) is 4.75. The summed E-state index contributed by atoms with van der Waals surface area (Å²) in [7, 11) is 0. The van der Waals surface area contributed by atoms with Crippen LogP contribution in [0.1, 0.15) is 57.1 Å². The summed E-state index contributed by atoms with van der Waals surface area (Å²) < 4.78 is 6.02. The molecule has 0 aliphatic heterocycles. The molecule has 2 aromatic carbocycles. The fourth-order valence-electron chi connectivity index (χ4n) is 2.75. The zero-order chi connectivity index (χ0) is 16.7. The van der Waals surface area contributed by atoms with Gasteiger partial charge >= 0.3 is 0 Å². The Morgan fingerprint density at radius 3 is 2.26 bits per heavy atom. The number of anilines is 1. The highest BCUT2D eigenvalue weighted by molar-refractivity contribution is 5.52. The third-order valence-corrected chi connectivity index (χ3v) is 4.32. The zero-order valence-electron chi connectivity index (χ0n) is 14.8. The minimum Gasteiger partial charge on any atom is -0.491 e. The number of ether oxygens (including phenoxy) is 1. The molecule has 0 spiro atoms. The molecule has 0 unspecified atom stereocenters. The van der Waals surface area contributed by atoms with E-state index in [-0.39, 0.29) is 0 Å². The minimum atomic E-state index is 0.519.